The zero-order chi connectivity index (χ0) is 23.1. The molecule has 2 rings (SSSR count). The van der Waals surface area contributed by atoms with E-state index in [1.807, 2.05) is 6.08 Å². The Hall–Kier alpha value is -2.90. The Morgan fingerprint density at radius 2 is 1.74 bits per heavy atom. The number of carbonyl (C=O) groups is 3. The Labute approximate surface area is 178 Å². The van der Waals surface area contributed by atoms with Gasteiger partial charge in [-0.2, -0.15) is 13.2 Å². The van der Waals surface area contributed by atoms with Gasteiger partial charge >= 0.3 is 18.1 Å². The van der Waals surface area contributed by atoms with E-state index < -0.39 is 29.1 Å². The minimum atomic E-state index is -4.51. The number of hydrogen-bond acceptors (Lipinski definition) is 5. The third-order valence-corrected chi connectivity index (χ3v) is 5.12. The first-order chi connectivity index (χ1) is 14.6. The Kier molecular flexibility index (Phi) is 8.19. The van der Waals surface area contributed by atoms with Crippen LogP contribution in [-0.2, 0) is 25.3 Å². The van der Waals surface area contributed by atoms with Gasteiger partial charge in [0.1, 0.15) is 5.75 Å². The molecule has 0 saturated carbocycles. The van der Waals surface area contributed by atoms with Crippen molar-refractivity contribution in [1.82, 2.24) is 0 Å². The molecule has 8 heteroatoms. The molecule has 0 amide bonds. The zero-order valence-corrected chi connectivity index (χ0v) is 17.5. The highest BCUT2D eigenvalue weighted by atomic mass is 19.4. The molecule has 168 valence electrons. The molecule has 31 heavy (non-hydrogen) atoms. The van der Waals surface area contributed by atoms with Crippen LogP contribution in [-0.4, -0.2) is 24.3 Å². The lowest BCUT2D eigenvalue weighted by Gasteiger charge is -2.28. The van der Waals surface area contributed by atoms with Gasteiger partial charge in [-0.15, -0.1) is 0 Å². The summed E-state index contributed by atoms with van der Waals surface area (Å²) in [7, 11) is 0. The van der Waals surface area contributed by atoms with Crippen LogP contribution < -0.4 is 4.74 Å². The normalized spacial score (nSPS) is 15.8. The smallest absolute Gasteiger partial charge is 0.416 e. The number of rotatable bonds is 9. The van der Waals surface area contributed by atoms with E-state index in [1.54, 1.807) is 26.0 Å². The summed E-state index contributed by atoms with van der Waals surface area (Å²) in [5.74, 6) is -1.72. The molecule has 1 aliphatic carbocycles. The number of hydrogen-bond donors (Lipinski definition) is 0. The second-order valence-corrected chi connectivity index (χ2v) is 7.21. The Balaban J connectivity index is 2.17. The van der Waals surface area contributed by atoms with E-state index in [0.717, 1.165) is 29.8 Å². The number of ether oxygens (including phenoxy) is 2. The van der Waals surface area contributed by atoms with E-state index in [4.69, 9.17) is 9.47 Å². The minimum absolute atomic E-state index is 0.00800. The highest BCUT2D eigenvalue weighted by Gasteiger charge is 2.47. The highest BCUT2D eigenvalue weighted by Crippen LogP contribution is 2.35. The van der Waals surface area contributed by atoms with Gasteiger partial charge in [0.25, 0.3) is 0 Å². The maximum absolute atomic E-state index is 13.0. The molecule has 0 heterocycles. The summed E-state index contributed by atoms with van der Waals surface area (Å²) in [6.45, 7) is 3.33. The van der Waals surface area contributed by atoms with Gasteiger partial charge in [0, 0.05) is 6.42 Å². The van der Waals surface area contributed by atoms with Crippen molar-refractivity contribution in [2.24, 2.45) is 5.41 Å². The van der Waals surface area contributed by atoms with Crippen LogP contribution in [0.1, 0.15) is 51.5 Å². The lowest BCUT2D eigenvalue weighted by atomic mass is 9.79. The van der Waals surface area contributed by atoms with Gasteiger partial charge in [0.05, 0.1) is 12.2 Å². The number of halogens is 3. The molecule has 1 aliphatic rings. The third-order valence-electron chi connectivity index (χ3n) is 5.12. The van der Waals surface area contributed by atoms with Crippen LogP contribution in [0.25, 0.3) is 0 Å². The molecule has 1 unspecified atom stereocenters. The number of benzene rings is 1. The molecule has 1 aromatic rings. The van der Waals surface area contributed by atoms with E-state index in [1.165, 1.54) is 0 Å². The van der Waals surface area contributed by atoms with Crippen LogP contribution in [0.15, 0.2) is 48.1 Å². The van der Waals surface area contributed by atoms with E-state index in [0.29, 0.717) is 19.3 Å². The molecule has 0 fully saturated rings. The molecule has 1 atom stereocenters. The van der Waals surface area contributed by atoms with Crippen LogP contribution in [0.4, 0.5) is 13.2 Å². The molecule has 0 radical (unpaired) electrons. The first-order valence-corrected chi connectivity index (χ1v) is 10.1. The SMILES string of the molecule is CCOC(=O)C(CC)(CCCC1=CC(=O)CC=C1)C(=O)Oc1ccc(C(F)(F)F)cc1. The molecular weight excluding hydrogens is 413 g/mol. The number of esters is 2. The van der Waals surface area contributed by atoms with Crippen molar-refractivity contribution in [3.63, 3.8) is 0 Å². The number of alkyl halides is 3. The predicted octanol–water partition coefficient (Wildman–Crippen LogP) is 5.20. The summed E-state index contributed by atoms with van der Waals surface area (Å²) in [4.78, 5) is 37.2. The van der Waals surface area contributed by atoms with Gasteiger partial charge in [-0.25, -0.2) is 0 Å². The Morgan fingerprint density at radius 3 is 2.29 bits per heavy atom. The van der Waals surface area contributed by atoms with Crippen LogP contribution in [0.5, 0.6) is 5.75 Å². The van der Waals surface area contributed by atoms with Crippen LogP contribution >= 0.6 is 0 Å². The van der Waals surface area contributed by atoms with E-state index >= 15 is 0 Å². The van der Waals surface area contributed by atoms with E-state index in [9.17, 15) is 27.6 Å². The average Bonchev–Trinajstić information content (AvgIpc) is 2.71. The number of ketones is 1. The van der Waals surface area contributed by atoms with E-state index in [-0.39, 0.29) is 31.0 Å². The fraction of sp³-hybridized carbons (Fsp3) is 0.435. The minimum Gasteiger partial charge on any atom is -0.465 e. The van der Waals surface area contributed by atoms with Crippen molar-refractivity contribution in [1.29, 1.82) is 0 Å². The summed E-state index contributed by atoms with van der Waals surface area (Å²) < 4.78 is 48.6. The van der Waals surface area contributed by atoms with Crippen LogP contribution in [0.2, 0.25) is 0 Å². The van der Waals surface area contributed by atoms with E-state index in [2.05, 4.69) is 0 Å². The maximum Gasteiger partial charge on any atom is 0.416 e. The summed E-state index contributed by atoms with van der Waals surface area (Å²) in [5.41, 5.74) is -1.66. The van der Waals surface area contributed by atoms with Crippen molar-refractivity contribution in [3.05, 3.63) is 53.6 Å². The molecule has 0 bridgehead atoms. The standard InChI is InChI=1S/C23H25F3O5/c1-3-22(20(28)30-4-2,14-6-8-16-7-5-9-18(27)15-16)21(29)31-19-12-10-17(11-13-19)23(24,25)26/h5,7,10-13,15H,3-4,6,8-9,14H2,1-2H3. The molecule has 0 N–H and O–H groups in total. The Bertz CT molecular complexity index is 868. The van der Waals surface area contributed by atoms with Gasteiger partial charge < -0.3 is 9.47 Å². The second kappa shape index (κ2) is 10.4. The molecule has 0 aliphatic heterocycles. The zero-order valence-electron chi connectivity index (χ0n) is 17.5. The molecule has 0 spiro atoms. The summed E-state index contributed by atoms with van der Waals surface area (Å²) in [6, 6.07) is 3.68. The molecule has 0 aromatic heterocycles. The molecule has 1 aromatic carbocycles. The largest absolute Gasteiger partial charge is 0.465 e. The summed E-state index contributed by atoms with van der Waals surface area (Å²) in [6.07, 6.45) is 2.08. The maximum atomic E-state index is 13.0. The van der Waals surface area contributed by atoms with Crippen molar-refractivity contribution in [2.75, 3.05) is 6.61 Å². The highest BCUT2D eigenvalue weighted by molar-refractivity contribution is 6.00. The van der Waals surface area contributed by atoms with Gasteiger partial charge in [-0.3, -0.25) is 14.4 Å². The number of carbonyl (C=O) groups excluding carboxylic acids is 3. The fourth-order valence-electron chi connectivity index (χ4n) is 3.33. The lowest BCUT2D eigenvalue weighted by Crippen LogP contribution is -2.43. The van der Waals surface area contributed by atoms with Gasteiger partial charge in [-0.05, 0) is 68.5 Å². The summed E-state index contributed by atoms with van der Waals surface area (Å²) in [5, 5.41) is 0. The first kappa shape index (κ1) is 24.4. The van der Waals surface area contributed by atoms with Crippen LogP contribution in [0, 0.1) is 5.41 Å². The Morgan fingerprint density at radius 1 is 1.06 bits per heavy atom. The first-order valence-electron chi connectivity index (χ1n) is 10.1. The quantitative estimate of drug-likeness (QED) is 0.301. The van der Waals surface area contributed by atoms with Gasteiger partial charge in [0.2, 0.25) is 0 Å². The second-order valence-electron chi connectivity index (χ2n) is 7.21. The molecule has 0 saturated heterocycles. The van der Waals surface area contributed by atoms with Gasteiger partial charge in [-0.1, -0.05) is 19.1 Å². The van der Waals surface area contributed by atoms with Crippen molar-refractivity contribution < 1.29 is 37.0 Å². The average molecular weight is 438 g/mol. The van der Waals surface area contributed by atoms with Crippen LogP contribution in [0.3, 0.4) is 0 Å². The molecular formula is C23H25F3O5. The third kappa shape index (κ3) is 6.29. The monoisotopic (exact) mass is 438 g/mol. The number of allylic oxidation sites excluding steroid dienone is 4. The fourth-order valence-corrected chi connectivity index (χ4v) is 3.33. The molecule has 5 nitrogen and oxygen atoms in total. The van der Waals surface area contributed by atoms with Gasteiger partial charge in [0.15, 0.2) is 11.2 Å². The van der Waals surface area contributed by atoms with Crippen molar-refractivity contribution in [2.45, 2.75) is 52.1 Å². The van der Waals surface area contributed by atoms with Crippen molar-refractivity contribution >= 4 is 17.7 Å². The summed E-state index contributed by atoms with van der Waals surface area (Å²) >= 11 is 0. The predicted molar refractivity (Wildman–Crippen MR) is 107 cm³/mol. The van der Waals surface area contributed by atoms with Crippen molar-refractivity contribution in [3.8, 4) is 5.75 Å². The topological polar surface area (TPSA) is 69.7 Å². The lowest BCUT2D eigenvalue weighted by molar-refractivity contribution is -0.168.